The summed E-state index contributed by atoms with van der Waals surface area (Å²) >= 11 is 3.53. The van der Waals surface area contributed by atoms with E-state index in [0.29, 0.717) is 0 Å². The number of methoxy groups -OCH3 is 2. The fraction of sp³-hybridized carbons (Fsp3) is 0.625. The van der Waals surface area contributed by atoms with Crippen LogP contribution in [-0.2, 0) is 6.54 Å². The third kappa shape index (κ3) is 3.89. The van der Waals surface area contributed by atoms with E-state index < -0.39 is 0 Å². The Morgan fingerprint density at radius 1 is 1.20 bits per heavy atom. The topological polar surface area (TPSA) is 21.7 Å². The maximum atomic E-state index is 5.39. The summed E-state index contributed by atoms with van der Waals surface area (Å²) in [6, 6.07) is 7.00. The van der Waals surface area contributed by atoms with Crippen molar-refractivity contribution in [3.8, 4) is 11.5 Å². The van der Waals surface area contributed by atoms with Gasteiger partial charge in [0.1, 0.15) is 0 Å². The van der Waals surface area contributed by atoms with Crippen LogP contribution in [0.3, 0.4) is 0 Å². The van der Waals surface area contributed by atoms with Crippen molar-refractivity contribution in [2.45, 2.75) is 38.3 Å². The SMILES string of the molecule is COc1ccc(CN(CCCBr)C2CCC2)cc1OC. The Morgan fingerprint density at radius 3 is 2.50 bits per heavy atom. The second kappa shape index (κ2) is 7.89. The maximum absolute atomic E-state index is 5.39. The molecule has 0 unspecified atom stereocenters. The minimum absolute atomic E-state index is 0.766. The molecule has 1 aromatic carbocycles. The van der Waals surface area contributed by atoms with E-state index in [1.165, 1.54) is 31.2 Å². The number of benzene rings is 1. The predicted octanol–water partition coefficient (Wildman–Crippen LogP) is 3.84. The van der Waals surface area contributed by atoms with Gasteiger partial charge in [-0.25, -0.2) is 0 Å². The molecule has 0 aromatic heterocycles. The molecule has 0 N–H and O–H groups in total. The number of ether oxygens (including phenoxy) is 2. The fourth-order valence-corrected chi connectivity index (χ4v) is 2.87. The van der Waals surface area contributed by atoms with E-state index in [4.69, 9.17) is 9.47 Å². The van der Waals surface area contributed by atoms with Gasteiger partial charge in [0.2, 0.25) is 0 Å². The average molecular weight is 342 g/mol. The molecule has 4 heteroatoms. The second-order valence-corrected chi connectivity index (χ2v) is 6.08. The minimum atomic E-state index is 0.766. The largest absolute Gasteiger partial charge is 0.493 e. The third-order valence-electron chi connectivity index (χ3n) is 4.00. The summed E-state index contributed by atoms with van der Waals surface area (Å²) in [5, 5.41) is 1.07. The van der Waals surface area contributed by atoms with Crippen LogP contribution in [0.25, 0.3) is 0 Å². The molecular weight excluding hydrogens is 318 g/mol. The summed E-state index contributed by atoms with van der Waals surface area (Å²) in [5.74, 6) is 1.62. The zero-order valence-electron chi connectivity index (χ0n) is 12.4. The first-order valence-corrected chi connectivity index (χ1v) is 8.41. The highest BCUT2D eigenvalue weighted by Gasteiger charge is 2.24. The number of alkyl halides is 1. The quantitative estimate of drug-likeness (QED) is 0.670. The van der Waals surface area contributed by atoms with Crippen LogP contribution in [0.5, 0.6) is 11.5 Å². The molecule has 3 nitrogen and oxygen atoms in total. The Hall–Kier alpha value is -0.740. The van der Waals surface area contributed by atoms with E-state index in [2.05, 4.69) is 33.0 Å². The van der Waals surface area contributed by atoms with Crippen molar-refractivity contribution in [3.63, 3.8) is 0 Å². The van der Waals surface area contributed by atoms with Crippen molar-refractivity contribution in [1.82, 2.24) is 4.90 Å². The summed E-state index contributed by atoms with van der Waals surface area (Å²) < 4.78 is 10.7. The van der Waals surface area contributed by atoms with Crippen molar-refractivity contribution >= 4 is 15.9 Å². The smallest absolute Gasteiger partial charge is 0.161 e. The lowest BCUT2D eigenvalue weighted by molar-refractivity contribution is 0.120. The zero-order chi connectivity index (χ0) is 14.4. The maximum Gasteiger partial charge on any atom is 0.161 e. The number of hydrogen-bond acceptors (Lipinski definition) is 3. The molecular formula is C16H24BrNO2. The highest BCUT2D eigenvalue weighted by atomic mass is 79.9. The molecule has 0 atom stereocenters. The van der Waals surface area contributed by atoms with Crippen LogP contribution < -0.4 is 9.47 Å². The Labute approximate surface area is 130 Å². The van der Waals surface area contributed by atoms with Gasteiger partial charge in [0.15, 0.2) is 11.5 Å². The highest BCUT2D eigenvalue weighted by Crippen LogP contribution is 2.30. The van der Waals surface area contributed by atoms with E-state index in [0.717, 1.165) is 36.0 Å². The molecule has 0 radical (unpaired) electrons. The van der Waals surface area contributed by atoms with Crippen molar-refractivity contribution in [2.75, 3.05) is 26.1 Å². The molecule has 112 valence electrons. The molecule has 1 aliphatic rings. The monoisotopic (exact) mass is 341 g/mol. The normalized spacial score (nSPS) is 15.2. The van der Waals surface area contributed by atoms with Gasteiger partial charge in [0, 0.05) is 17.9 Å². The van der Waals surface area contributed by atoms with Gasteiger partial charge in [-0.3, -0.25) is 4.90 Å². The van der Waals surface area contributed by atoms with Gasteiger partial charge in [-0.1, -0.05) is 28.4 Å². The van der Waals surface area contributed by atoms with Crippen LogP contribution in [-0.4, -0.2) is 37.0 Å². The van der Waals surface area contributed by atoms with Gasteiger partial charge in [-0.15, -0.1) is 0 Å². The van der Waals surface area contributed by atoms with Crippen LogP contribution in [0.2, 0.25) is 0 Å². The third-order valence-corrected chi connectivity index (χ3v) is 4.56. The summed E-state index contributed by atoms with van der Waals surface area (Å²) in [6.07, 6.45) is 5.26. The number of rotatable bonds is 8. The van der Waals surface area contributed by atoms with E-state index >= 15 is 0 Å². The lowest BCUT2D eigenvalue weighted by Crippen LogP contribution is -2.40. The zero-order valence-corrected chi connectivity index (χ0v) is 14.0. The van der Waals surface area contributed by atoms with Crippen molar-refractivity contribution in [1.29, 1.82) is 0 Å². The van der Waals surface area contributed by atoms with E-state index in [1.54, 1.807) is 14.2 Å². The van der Waals surface area contributed by atoms with Crippen LogP contribution in [0.15, 0.2) is 18.2 Å². The van der Waals surface area contributed by atoms with Gasteiger partial charge in [0.25, 0.3) is 0 Å². The molecule has 0 heterocycles. The molecule has 0 saturated heterocycles. The first kappa shape index (κ1) is 15.6. The standard InChI is InChI=1S/C16H24BrNO2/c1-19-15-8-7-13(11-16(15)20-2)12-18(10-4-9-17)14-5-3-6-14/h7-8,11,14H,3-6,9-10,12H2,1-2H3. The summed E-state index contributed by atoms with van der Waals surface area (Å²) in [5.41, 5.74) is 1.30. The molecule has 1 aliphatic carbocycles. The summed E-state index contributed by atoms with van der Waals surface area (Å²) in [7, 11) is 3.37. The Bertz CT molecular complexity index is 421. The van der Waals surface area contributed by atoms with Gasteiger partial charge < -0.3 is 9.47 Å². The first-order valence-electron chi connectivity index (χ1n) is 7.29. The lowest BCUT2D eigenvalue weighted by atomic mass is 9.91. The van der Waals surface area contributed by atoms with Gasteiger partial charge in [-0.2, -0.15) is 0 Å². The number of nitrogens with zero attached hydrogens (tertiary/aromatic N) is 1. The Morgan fingerprint density at radius 2 is 1.95 bits per heavy atom. The average Bonchev–Trinajstić information content (AvgIpc) is 2.42. The Kier molecular flexibility index (Phi) is 6.17. The van der Waals surface area contributed by atoms with Crippen LogP contribution in [0.1, 0.15) is 31.2 Å². The molecule has 20 heavy (non-hydrogen) atoms. The number of halogens is 1. The summed E-state index contributed by atoms with van der Waals surface area (Å²) in [4.78, 5) is 2.60. The molecule has 0 amide bonds. The molecule has 0 bridgehead atoms. The molecule has 1 aromatic rings. The highest BCUT2D eigenvalue weighted by molar-refractivity contribution is 9.09. The molecule has 2 rings (SSSR count). The first-order chi connectivity index (χ1) is 9.78. The van der Waals surface area contributed by atoms with E-state index in [-0.39, 0.29) is 0 Å². The van der Waals surface area contributed by atoms with Gasteiger partial charge >= 0.3 is 0 Å². The molecule has 0 spiro atoms. The van der Waals surface area contributed by atoms with Crippen LogP contribution in [0, 0.1) is 0 Å². The van der Waals surface area contributed by atoms with Crippen molar-refractivity contribution < 1.29 is 9.47 Å². The van der Waals surface area contributed by atoms with E-state index in [1.807, 2.05) is 6.07 Å². The van der Waals surface area contributed by atoms with Gasteiger partial charge in [-0.05, 0) is 43.5 Å². The van der Waals surface area contributed by atoms with Crippen LogP contribution >= 0.6 is 15.9 Å². The fourth-order valence-electron chi connectivity index (χ4n) is 2.62. The van der Waals surface area contributed by atoms with Crippen molar-refractivity contribution in [2.24, 2.45) is 0 Å². The van der Waals surface area contributed by atoms with E-state index in [9.17, 15) is 0 Å². The lowest BCUT2D eigenvalue weighted by Gasteiger charge is -2.37. The van der Waals surface area contributed by atoms with Crippen molar-refractivity contribution in [3.05, 3.63) is 23.8 Å². The molecule has 0 aliphatic heterocycles. The van der Waals surface area contributed by atoms with Gasteiger partial charge in [0.05, 0.1) is 14.2 Å². The number of hydrogen-bond donors (Lipinski definition) is 0. The minimum Gasteiger partial charge on any atom is -0.493 e. The predicted molar refractivity (Wildman–Crippen MR) is 86.0 cm³/mol. The van der Waals surface area contributed by atoms with Crippen LogP contribution in [0.4, 0.5) is 0 Å². The molecule has 1 fully saturated rings. The Balaban J connectivity index is 2.05. The second-order valence-electron chi connectivity index (χ2n) is 5.29. The molecule has 1 saturated carbocycles. The summed E-state index contributed by atoms with van der Waals surface area (Å²) in [6.45, 7) is 2.16.